The van der Waals surface area contributed by atoms with Gasteiger partial charge in [-0.05, 0) is 31.4 Å². The number of nitrogens with zero attached hydrogens (tertiary/aromatic N) is 2. The molecule has 0 aliphatic carbocycles. The van der Waals surface area contributed by atoms with Crippen molar-refractivity contribution in [3.8, 4) is 0 Å². The van der Waals surface area contributed by atoms with Crippen molar-refractivity contribution in [2.24, 2.45) is 0 Å². The summed E-state index contributed by atoms with van der Waals surface area (Å²) in [6.07, 6.45) is 2.11. The average molecular weight is 301 g/mol. The molecule has 0 fully saturated rings. The third-order valence-electron chi connectivity index (χ3n) is 4.22. The van der Waals surface area contributed by atoms with Gasteiger partial charge in [0, 0.05) is 13.0 Å². The lowest BCUT2D eigenvalue weighted by Gasteiger charge is -2.21. The van der Waals surface area contributed by atoms with E-state index in [-0.39, 0.29) is 17.9 Å². The van der Waals surface area contributed by atoms with Crippen LogP contribution in [0.3, 0.4) is 0 Å². The fourth-order valence-corrected chi connectivity index (χ4v) is 3.08. The van der Waals surface area contributed by atoms with Crippen LogP contribution in [0, 0.1) is 0 Å². The summed E-state index contributed by atoms with van der Waals surface area (Å²) in [5.41, 5.74) is 1.88. The molecule has 1 aromatic carbocycles. The fraction of sp³-hybridized carbons (Fsp3) is 0.438. The highest BCUT2D eigenvalue weighted by molar-refractivity contribution is 5.97. The van der Waals surface area contributed by atoms with Gasteiger partial charge >= 0.3 is 0 Å². The molecule has 22 heavy (non-hydrogen) atoms. The molecule has 3 rings (SSSR count). The molecule has 2 amide bonds. The average Bonchev–Trinajstić information content (AvgIpc) is 2.81. The van der Waals surface area contributed by atoms with Gasteiger partial charge in [-0.3, -0.25) is 24.4 Å². The molecular weight excluding hydrogens is 282 g/mol. The third-order valence-corrected chi connectivity index (χ3v) is 4.22. The maximum Gasteiger partial charge on any atom is 0.275 e. The van der Waals surface area contributed by atoms with Crippen molar-refractivity contribution in [1.29, 1.82) is 0 Å². The van der Waals surface area contributed by atoms with E-state index in [2.05, 4.69) is 5.32 Å². The van der Waals surface area contributed by atoms with Crippen molar-refractivity contribution < 1.29 is 9.59 Å². The van der Waals surface area contributed by atoms with Gasteiger partial charge in [0.05, 0.1) is 10.9 Å². The van der Waals surface area contributed by atoms with Crippen LogP contribution in [0.25, 0.3) is 10.9 Å². The summed E-state index contributed by atoms with van der Waals surface area (Å²) in [5, 5.41) is 2.97. The quantitative estimate of drug-likeness (QED) is 0.930. The summed E-state index contributed by atoms with van der Waals surface area (Å²) in [5.74, 6) is -0.777. The fourth-order valence-electron chi connectivity index (χ4n) is 3.08. The van der Waals surface area contributed by atoms with Crippen molar-refractivity contribution in [1.82, 2.24) is 14.7 Å². The molecule has 2 heterocycles. The first-order chi connectivity index (χ1) is 10.5. The Balaban J connectivity index is 2.10. The van der Waals surface area contributed by atoms with Gasteiger partial charge in [0.1, 0.15) is 6.04 Å². The summed E-state index contributed by atoms with van der Waals surface area (Å²) >= 11 is 0. The highest BCUT2D eigenvalue weighted by Gasteiger charge is 2.26. The molecule has 0 saturated carbocycles. The van der Waals surface area contributed by atoms with Gasteiger partial charge in [0.25, 0.3) is 11.5 Å². The van der Waals surface area contributed by atoms with E-state index in [0.717, 1.165) is 23.9 Å². The molecule has 1 aliphatic heterocycles. The summed E-state index contributed by atoms with van der Waals surface area (Å²) in [7, 11) is 0. The van der Waals surface area contributed by atoms with Crippen LogP contribution in [0.15, 0.2) is 23.0 Å². The van der Waals surface area contributed by atoms with E-state index in [1.165, 1.54) is 4.68 Å². The van der Waals surface area contributed by atoms with Crippen LogP contribution in [-0.4, -0.2) is 21.2 Å². The Morgan fingerprint density at radius 1 is 1.36 bits per heavy atom. The van der Waals surface area contributed by atoms with Gasteiger partial charge in [-0.1, -0.05) is 19.1 Å². The highest BCUT2D eigenvalue weighted by atomic mass is 16.2. The van der Waals surface area contributed by atoms with Gasteiger partial charge < -0.3 is 0 Å². The van der Waals surface area contributed by atoms with Crippen molar-refractivity contribution >= 4 is 22.7 Å². The first-order valence-electron chi connectivity index (χ1n) is 7.61. The Hall–Kier alpha value is -2.37. The van der Waals surface area contributed by atoms with Crippen LogP contribution >= 0.6 is 0 Å². The highest BCUT2D eigenvalue weighted by Crippen LogP contribution is 2.24. The maximum absolute atomic E-state index is 12.7. The van der Waals surface area contributed by atoms with E-state index >= 15 is 0 Å². The molecule has 0 radical (unpaired) electrons. The van der Waals surface area contributed by atoms with E-state index in [0.29, 0.717) is 11.9 Å². The number of amides is 2. The molecule has 116 valence electrons. The van der Waals surface area contributed by atoms with Crippen LogP contribution < -0.4 is 10.9 Å². The molecule has 1 aliphatic rings. The second-order valence-corrected chi connectivity index (χ2v) is 5.63. The first-order valence-corrected chi connectivity index (χ1v) is 7.61. The number of carbonyl (C=O) groups is 2. The number of benzene rings is 1. The zero-order valence-electron chi connectivity index (χ0n) is 12.8. The number of aromatic nitrogens is 2. The van der Waals surface area contributed by atoms with Crippen LogP contribution in [0.1, 0.15) is 38.3 Å². The topological polar surface area (TPSA) is 73.1 Å². The number of para-hydroxylation sites is 1. The van der Waals surface area contributed by atoms with Crippen molar-refractivity contribution in [3.05, 3.63) is 34.1 Å². The lowest BCUT2D eigenvalue weighted by Crippen LogP contribution is -2.40. The minimum atomic E-state index is -0.721. The lowest BCUT2D eigenvalue weighted by molar-refractivity contribution is -0.132. The monoisotopic (exact) mass is 301 g/mol. The van der Waals surface area contributed by atoms with E-state index in [1.54, 1.807) is 19.9 Å². The summed E-state index contributed by atoms with van der Waals surface area (Å²) in [6.45, 7) is 4.03. The molecule has 0 saturated heterocycles. The van der Waals surface area contributed by atoms with Crippen LogP contribution in [0.2, 0.25) is 0 Å². The van der Waals surface area contributed by atoms with Gasteiger partial charge in [-0.2, -0.15) is 0 Å². The minimum absolute atomic E-state index is 0.176. The molecule has 2 aromatic rings. The zero-order valence-corrected chi connectivity index (χ0v) is 12.8. The Morgan fingerprint density at radius 3 is 2.86 bits per heavy atom. The lowest BCUT2D eigenvalue weighted by atomic mass is 10.0. The van der Waals surface area contributed by atoms with Crippen LogP contribution in [-0.2, 0) is 22.6 Å². The number of imide groups is 1. The van der Waals surface area contributed by atoms with E-state index in [4.69, 9.17) is 0 Å². The summed E-state index contributed by atoms with van der Waals surface area (Å²) in [4.78, 5) is 36.3. The molecular formula is C16H19N3O3. The Bertz CT molecular complexity index is 816. The summed E-state index contributed by atoms with van der Waals surface area (Å²) in [6, 6.07) is 4.97. The van der Waals surface area contributed by atoms with Gasteiger partial charge in [0.15, 0.2) is 0 Å². The molecule has 1 aromatic heterocycles. The number of hydrogen-bond donors (Lipinski definition) is 1. The molecule has 1 N–H and O–H groups in total. The maximum atomic E-state index is 12.7. The standard InChI is InChI=1S/C16H19N3O3/c1-3-13(20)17-15(21)10(2)19-16(22)12-8-4-6-11-7-5-9-18(19)14(11)12/h4,6,8,10H,3,5,7,9H2,1-2H3,(H,17,20,21). The van der Waals surface area contributed by atoms with Gasteiger partial charge in [-0.25, -0.2) is 4.68 Å². The SMILES string of the molecule is CCC(=O)NC(=O)C(C)n1c(=O)c2cccc3c2n1CCC3. The number of nitrogens with one attached hydrogen (secondary N) is 1. The Labute approximate surface area is 127 Å². The van der Waals surface area contributed by atoms with Crippen LogP contribution in [0.5, 0.6) is 0 Å². The normalized spacial score (nSPS) is 14.8. The van der Waals surface area contributed by atoms with E-state index < -0.39 is 11.9 Å². The second kappa shape index (κ2) is 5.44. The van der Waals surface area contributed by atoms with Gasteiger partial charge in [-0.15, -0.1) is 0 Å². The second-order valence-electron chi connectivity index (χ2n) is 5.63. The number of hydrogen-bond acceptors (Lipinski definition) is 3. The van der Waals surface area contributed by atoms with Crippen LogP contribution in [0.4, 0.5) is 0 Å². The Morgan fingerprint density at radius 2 is 2.14 bits per heavy atom. The largest absolute Gasteiger partial charge is 0.295 e. The number of aryl methyl sites for hydroxylation is 2. The first kappa shape index (κ1) is 14.6. The van der Waals surface area contributed by atoms with Crippen molar-refractivity contribution in [2.75, 3.05) is 0 Å². The third kappa shape index (κ3) is 2.15. The molecule has 1 unspecified atom stereocenters. The molecule has 1 atom stereocenters. The van der Waals surface area contributed by atoms with Crippen molar-refractivity contribution in [3.63, 3.8) is 0 Å². The molecule has 6 nitrogen and oxygen atoms in total. The smallest absolute Gasteiger partial charge is 0.275 e. The minimum Gasteiger partial charge on any atom is -0.295 e. The Kier molecular flexibility index (Phi) is 3.60. The predicted octanol–water partition coefficient (Wildman–Crippen LogP) is 1.36. The summed E-state index contributed by atoms with van der Waals surface area (Å²) < 4.78 is 3.36. The molecule has 6 heteroatoms. The zero-order chi connectivity index (χ0) is 15.9. The molecule has 0 spiro atoms. The van der Waals surface area contributed by atoms with E-state index in [1.807, 2.05) is 16.8 Å². The van der Waals surface area contributed by atoms with Gasteiger partial charge in [0.2, 0.25) is 5.91 Å². The number of rotatable bonds is 3. The van der Waals surface area contributed by atoms with E-state index in [9.17, 15) is 14.4 Å². The van der Waals surface area contributed by atoms with Crippen molar-refractivity contribution in [2.45, 2.75) is 45.7 Å². The molecule has 0 bridgehead atoms. The predicted molar refractivity (Wildman–Crippen MR) is 82.7 cm³/mol. The number of carbonyl (C=O) groups excluding carboxylic acids is 2.